The summed E-state index contributed by atoms with van der Waals surface area (Å²) in [4.78, 5) is 0. The number of nitrogens with one attached hydrogen (secondary N) is 1. The van der Waals surface area contributed by atoms with E-state index in [0.29, 0.717) is 0 Å². The van der Waals surface area contributed by atoms with Crippen molar-refractivity contribution in [3.8, 4) is 0 Å². The first-order valence-corrected chi connectivity index (χ1v) is 6.30. The summed E-state index contributed by atoms with van der Waals surface area (Å²) in [6, 6.07) is 8.93. The van der Waals surface area contributed by atoms with Gasteiger partial charge in [-0.25, -0.2) is 0 Å². The van der Waals surface area contributed by atoms with E-state index in [4.69, 9.17) is 0 Å². The number of hydrazone groups is 1. The van der Waals surface area contributed by atoms with Crippen molar-refractivity contribution in [1.29, 1.82) is 0 Å². The summed E-state index contributed by atoms with van der Waals surface area (Å²) >= 11 is 0. The smallest absolute Gasteiger partial charge is 0.278 e. The average Bonchev–Trinajstić information content (AvgIpc) is 2.46. The highest BCUT2D eigenvalue weighted by molar-refractivity contribution is 5.82. The van der Waals surface area contributed by atoms with Crippen molar-refractivity contribution in [3.05, 3.63) is 65.2 Å². The highest BCUT2D eigenvalue weighted by Crippen LogP contribution is 2.32. The van der Waals surface area contributed by atoms with Gasteiger partial charge in [-0.3, -0.25) is 5.43 Å². The number of hydrogen-bond donors (Lipinski definition) is 1. The minimum Gasteiger partial charge on any atom is -0.278 e. The molecule has 2 nitrogen and oxygen atoms in total. The zero-order valence-electron chi connectivity index (χ0n) is 11.4. The van der Waals surface area contributed by atoms with Crippen molar-refractivity contribution in [1.82, 2.24) is 0 Å². The molecule has 2 aromatic carbocycles. The van der Waals surface area contributed by atoms with Gasteiger partial charge in [0.1, 0.15) is 0 Å². The van der Waals surface area contributed by atoms with Crippen LogP contribution in [0.4, 0.5) is 32.0 Å². The lowest BCUT2D eigenvalue weighted by molar-refractivity contribution is -0.138. The maximum absolute atomic E-state index is 12.8. The van der Waals surface area contributed by atoms with E-state index in [1.165, 1.54) is 30.3 Å². The Balaban J connectivity index is 2.18. The van der Waals surface area contributed by atoms with Crippen LogP contribution in [0.15, 0.2) is 53.6 Å². The monoisotopic (exact) mass is 332 g/mol. The van der Waals surface area contributed by atoms with E-state index in [1.54, 1.807) is 0 Å². The molecular weight excluding hydrogens is 322 g/mol. The Labute approximate surface area is 127 Å². The van der Waals surface area contributed by atoms with Gasteiger partial charge >= 0.3 is 12.4 Å². The van der Waals surface area contributed by atoms with Gasteiger partial charge in [0, 0.05) is 5.56 Å². The van der Waals surface area contributed by atoms with Crippen LogP contribution in [0.2, 0.25) is 0 Å². The molecule has 0 aliphatic heterocycles. The molecular formula is C15H10F6N2. The van der Waals surface area contributed by atoms with Crippen LogP contribution >= 0.6 is 0 Å². The van der Waals surface area contributed by atoms with E-state index >= 15 is 0 Å². The second-order valence-corrected chi connectivity index (χ2v) is 4.53. The van der Waals surface area contributed by atoms with Crippen molar-refractivity contribution in [2.75, 3.05) is 5.43 Å². The minimum absolute atomic E-state index is 0.0144. The third kappa shape index (κ3) is 4.48. The van der Waals surface area contributed by atoms with Crippen LogP contribution in [-0.4, -0.2) is 6.21 Å². The first-order chi connectivity index (χ1) is 10.7. The normalized spacial score (nSPS) is 12.6. The third-order valence-electron chi connectivity index (χ3n) is 2.85. The quantitative estimate of drug-likeness (QED) is 0.468. The Morgan fingerprint density at radius 1 is 0.826 bits per heavy atom. The van der Waals surface area contributed by atoms with E-state index in [1.807, 2.05) is 0 Å². The van der Waals surface area contributed by atoms with Gasteiger partial charge in [-0.15, -0.1) is 0 Å². The molecule has 0 aliphatic rings. The molecule has 0 saturated carbocycles. The van der Waals surface area contributed by atoms with Crippen molar-refractivity contribution in [2.24, 2.45) is 5.10 Å². The lowest BCUT2D eigenvalue weighted by atomic mass is 10.1. The fourth-order valence-electron chi connectivity index (χ4n) is 1.81. The van der Waals surface area contributed by atoms with Gasteiger partial charge < -0.3 is 0 Å². The van der Waals surface area contributed by atoms with E-state index in [-0.39, 0.29) is 11.3 Å². The Kier molecular flexibility index (Phi) is 4.63. The molecule has 0 aliphatic carbocycles. The lowest BCUT2D eigenvalue weighted by Gasteiger charge is -2.10. The molecule has 0 amide bonds. The number of anilines is 1. The second-order valence-electron chi connectivity index (χ2n) is 4.53. The van der Waals surface area contributed by atoms with E-state index in [0.717, 1.165) is 24.4 Å². The maximum Gasteiger partial charge on any atom is 0.417 e. The van der Waals surface area contributed by atoms with E-state index in [9.17, 15) is 26.3 Å². The van der Waals surface area contributed by atoms with Crippen molar-refractivity contribution >= 4 is 11.9 Å². The number of benzene rings is 2. The predicted octanol–water partition coefficient (Wildman–Crippen LogP) is 5.17. The Bertz CT molecular complexity index is 704. The summed E-state index contributed by atoms with van der Waals surface area (Å²) in [6.45, 7) is 0. The van der Waals surface area contributed by atoms with Gasteiger partial charge in [0.15, 0.2) is 0 Å². The number of halogens is 6. The zero-order valence-corrected chi connectivity index (χ0v) is 11.4. The van der Waals surface area contributed by atoms with Crippen LogP contribution in [-0.2, 0) is 12.4 Å². The summed E-state index contributed by atoms with van der Waals surface area (Å²) in [5, 5.41) is 3.57. The van der Waals surface area contributed by atoms with E-state index in [2.05, 4.69) is 10.5 Å². The van der Waals surface area contributed by atoms with Gasteiger partial charge in [0.2, 0.25) is 0 Å². The first kappa shape index (κ1) is 16.9. The largest absolute Gasteiger partial charge is 0.417 e. The third-order valence-corrected chi connectivity index (χ3v) is 2.85. The van der Waals surface area contributed by atoms with Gasteiger partial charge in [-0.2, -0.15) is 31.4 Å². The number of hydrogen-bond acceptors (Lipinski definition) is 2. The van der Waals surface area contributed by atoms with Gasteiger partial charge in [-0.05, 0) is 24.3 Å². The number of nitrogens with zero attached hydrogens (tertiary/aromatic N) is 1. The summed E-state index contributed by atoms with van der Waals surface area (Å²) in [5.41, 5.74) is 0.345. The summed E-state index contributed by atoms with van der Waals surface area (Å²) in [7, 11) is 0. The molecule has 1 N–H and O–H groups in total. The van der Waals surface area contributed by atoms with Crippen molar-refractivity contribution in [3.63, 3.8) is 0 Å². The molecule has 23 heavy (non-hydrogen) atoms. The summed E-state index contributed by atoms with van der Waals surface area (Å²) < 4.78 is 76.0. The van der Waals surface area contributed by atoms with Crippen LogP contribution in [0.5, 0.6) is 0 Å². The molecule has 0 atom stereocenters. The fourth-order valence-corrected chi connectivity index (χ4v) is 1.81. The van der Waals surface area contributed by atoms with Gasteiger partial charge in [-0.1, -0.05) is 24.3 Å². The van der Waals surface area contributed by atoms with Crippen molar-refractivity contribution in [2.45, 2.75) is 12.4 Å². The molecule has 0 fully saturated rings. The molecule has 0 aromatic heterocycles. The Hall–Kier alpha value is -2.51. The van der Waals surface area contributed by atoms with Crippen LogP contribution in [0, 0.1) is 0 Å². The van der Waals surface area contributed by atoms with Gasteiger partial charge in [0.05, 0.1) is 23.0 Å². The molecule has 0 heterocycles. The molecule has 0 spiro atoms. The molecule has 122 valence electrons. The fraction of sp³-hybridized carbons (Fsp3) is 0.133. The predicted molar refractivity (Wildman–Crippen MR) is 74.1 cm³/mol. The summed E-state index contributed by atoms with van der Waals surface area (Å²) in [6.07, 6.45) is -8.15. The van der Waals surface area contributed by atoms with Crippen LogP contribution < -0.4 is 5.43 Å². The minimum atomic E-state index is -4.54. The van der Waals surface area contributed by atoms with Crippen LogP contribution in [0.3, 0.4) is 0 Å². The highest BCUT2D eigenvalue weighted by Gasteiger charge is 2.32. The topological polar surface area (TPSA) is 24.4 Å². The molecule has 2 rings (SSSR count). The van der Waals surface area contributed by atoms with E-state index < -0.39 is 23.5 Å². The lowest BCUT2D eigenvalue weighted by Crippen LogP contribution is -2.09. The molecule has 2 aromatic rings. The van der Waals surface area contributed by atoms with Crippen molar-refractivity contribution < 1.29 is 26.3 Å². The zero-order chi connectivity index (χ0) is 17.1. The van der Waals surface area contributed by atoms with Crippen LogP contribution in [0.1, 0.15) is 16.7 Å². The van der Waals surface area contributed by atoms with Gasteiger partial charge in [0.25, 0.3) is 0 Å². The van der Waals surface area contributed by atoms with Crippen LogP contribution in [0.25, 0.3) is 0 Å². The molecule has 8 heteroatoms. The Morgan fingerprint density at radius 2 is 1.52 bits per heavy atom. The molecule has 0 radical (unpaired) electrons. The molecule has 0 bridgehead atoms. The second kappa shape index (κ2) is 6.31. The highest BCUT2D eigenvalue weighted by atomic mass is 19.4. The molecule has 0 saturated heterocycles. The number of rotatable bonds is 3. The number of alkyl halides is 6. The standard InChI is InChI=1S/C15H10F6N2/c16-14(17,18)11-5-3-6-12(8-11)23-22-9-10-4-1-2-7-13(10)15(19,20)21/h1-9,23H/b22-9-. The first-order valence-electron chi connectivity index (χ1n) is 6.30. The average molecular weight is 332 g/mol. The maximum atomic E-state index is 12.8. The molecule has 0 unspecified atom stereocenters. The SMILES string of the molecule is FC(F)(F)c1cccc(N/N=C\c2ccccc2C(F)(F)F)c1. The Morgan fingerprint density at radius 3 is 2.17 bits per heavy atom. The summed E-state index contributed by atoms with van der Waals surface area (Å²) in [5.74, 6) is 0.